The fourth-order valence-electron chi connectivity index (χ4n) is 8.74. The highest BCUT2D eigenvalue weighted by Crippen LogP contribution is 3.63. The summed E-state index contributed by atoms with van der Waals surface area (Å²) in [6.07, 6.45) is 3.23. The van der Waals surface area contributed by atoms with E-state index in [-0.39, 0.29) is 0 Å². The predicted octanol–water partition coefficient (Wildman–Crippen LogP) is 2.54. The van der Waals surface area contributed by atoms with Gasteiger partial charge in [-0.2, -0.15) is 0 Å². The highest BCUT2D eigenvalue weighted by molar-refractivity contribution is 6.06. The van der Waals surface area contributed by atoms with Crippen molar-refractivity contribution in [3.05, 3.63) is 0 Å². The Morgan fingerprint density at radius 1 is 0.714 bits per heavy atom. The Labute approximate surface area is 84.4 Å². The van der Waals surface area contributed by atoms with Crippen molar-refractivity contribution in [2.24, 2.45) is 57.2 Å². The van der Waals surface area contributed by atoms with E-state index in [1.165, 1.54) is 23.7 Å². The van der Waals surface area contributed by atoms with Crippen molar-refractivity contribution >= 4 is 0 Å². The van der Waals surface area contributed by atoms with Gasteiger partial charge >= 0.3 is 0 Å². The Bertz CT molecular complexity index is 370. The van der Waals surface area contributed by atoms with Crippen molar-refractivity contribution in [2.75, 3.05) is 0 Å². The van der Waals surface area contributed by atoms with Gasteiger partial charge in [-0.25, -0.2) is 0 Å². The quantitative estimate of drug-likeness (QED) is 0.542. The van der Waals surface area contributed by atoms with E-state index in [1.807, 2.05) is 0 Å². The lowest BCUT2D eigenvalue weighted by molar-refractivity contribution is -0.0515. The van der Waals surface area contributed by atoms with Gasteiger partial charge in [0.05, 0.1) is 0 Å². The monoisotopic (exact) mass is 184 g/mol. The Kier molecular flexibility index (Phi) is 0.409. The molecule has 0 amide bonds. The Balaban J connectivity index is 1.41. The zero-order valence-corrected chi connectivity index (χ0v) is 8.88. The second-order valence-corrected chi connectivity index (χ2v) is 7.94. The van der Waals surface area contributed by atoms with Crippen LogP contribution in [0.5, 0.6) is 0 Å². The average molecular weight is 184 g/mol. The number of hydrogen-bond donors (Lipinski definition) is 0. The summed E-state index contributed by atoms with van der Waals surface area (Å²) in [5.41, 5.74) is 4.55. The van der Waals surface area contributed by atoms with Crippen molar-refractivity contribution in [3.8, 4) is 0 Å². The molecule has 6 bridgehead atoms. The van der Waals surface area contributed by atoms with Crippen molar-refractivity contribution < 1.29 is 0 Å². The molecular weight excluding hydrogens is 168 g/mol. The SMILES string of the molecule is CC1CC2C(CC1C)C1C34C56C2C53C164. The van der Waals surface area contributed by atoms with Gasteiger partial charge in [0.15, 0.2) is 0 Å². The maximum Gasteiger partial charge on any atom is -0.00471 e. The van der Waals surface area contributed by atoms with Crippen LogP contribution < -0.4 is 0 Å². The lowest BCUT2D eigenvalue weighted by atomic mass is 9.52. The van der Waals surface area contributed by atoms with Gasteiger partial charge < -0.3 is 0 Å². The number of rotatable bonds is 0. The third kappa shape index (κ3) is 0.179. The summed E-state index contributed by atoms with van der Waals surface area (Å²) in [6, 6.07) is 0. The van der Waals surface area contributed by atoms with Crippen LogP contribution in [0.25, 0.3) is 0 Å². The molecule has 72 valence electrons. The minimum absolute atomic E-state index is 1.04. The molecule has 0 aliphatic heterocycles. The van der Waals surface area contributed by atoms with Gasteiger partial charge in [0.25, 0.3) is 0 Å². The highest BCUT2D eigenvalue weighted by atomic mass is 15.6. The summed E-state index contributed by atoms with van der Waals surface area (Å²) in [5, 5.41) is 0. The van der Waals surface area contributed by atoms with Crippen molar-refractivity contribution in [1.82, 2.24) is 0 Å². The molecule has 11 saturated carbocycles. The van der Waals surface area contributed by atoms with Crippen molar-refractivity contribution in [1.29, 1.82) is 0 Å². The zero-order chi connectivity index (χ0) is 8.88. The second-order valence-electron chi connectivity index (χ2n) is 7.94. The molecule has 0 saturated heterocycles. The van der Waals surface area contributed by atoms with Crippen LogP contribution in [0.2, 0.25) is 0 Å². The van der Waals surface area contributed by atoms with Crippen LogP contribution in [0, 0.1) is 57.2 Å². The lowest BCUT2D eigenvalue weighted by Crippen LogP contribution is -2.48. The maximum atomic E-state index is 2.51. The summed E-state index contributed by atoms with van der Waals surface area (Å²) in [6.45, 7) is 5.03. The first-order chi connectivity index (χ1) is 6.78. The van der Waals surface area contributed by atoms with Crippen LogP contribution in [0.1, 0.15) is 26.7 Å². The first kappa shape index (κ1) is 5.92. The summed E-state index contributed by atoms with van der Waals surface area (Å²) in [4.78, 5) is 0. The molecule has 4 spiro atoms. The molecule has 4 unspecified atom stereocenters. The third-order valence-electron chi connectivity index (χ3n) is 8.85. The zero-order valence-electron chi connectivity index (χ0n) is 8.88. The average Bonchev–Trinajstić information content (AvgIpc) is 2.95. The van der Waals surface area contributed by atoms with E-state index in [1.54, 1.807) is 12.8 Å². The molecule has 0 N–H and O–H groups in total. The van der Waals surface area contributed by atoms with Gasteiger partial charge in [0, 0.05) is 0 Å². The highest BCUT2D eigenvalue weighted by Gasteiger charge is 3.62. The van der Waals surface area contributed by atoms with Crippen LogP contribution >= 0.6 is 0 Å². The molecule has 4 atom stereocenters. The maximum absolute atomic E-state index is 2.51. The summed E-state index contributed by atoms with van der Waals surface area (Å²) in [7, 11) is 0. The minimum atomic E-state index is 1.04. The van der Waals surface area contributed by atoms with Crippen LogP contribution in [0.3, 0.4) is 0 Å². The molecule has 0 radical (unpaired) electrons. The van der Waals surface area contributed by atoms with Crippen molar-refractivity contribution in [2.45, 2.75) is 26.7 Å². The third-order valence-corrected chi connectivity index (χ3v) is 8.85. The topological polar surface area (TPSA) is 0 Å². The summed E-state index contributed by atoms with van der Waals surface area (Å²) in [5.74, 6) is 7.19. The fourth-order valence-corrected chi connectivity index (χ4v) is 8.74. The minimum Gasteiger partial charge on any atom is -0.0622 e. The molecule has 0 heteroatoms. The molecule has 0 aromatic carbocycles. The Morgan fingerprint density at radius 2 is 1.07 bits per heavy atom. The normalized spacial score (nSPS) is 105. The van der Waals surface area contributed by atoms with Gasteiger partial charge in [0.1, 0.15) is 0 Å². The lowest BCUT2D eigenvalue weighted by Gasteiger charge is -2.52. The molecule has 11 rings (SSSR count). The van der Waals surface area contributed by atoms with E-state index in [0.29, 0.717) is 0 Å². The van der Waals surface area contributed by atoms with E-state index in [2.05, 4.69) is 13.8 Å². The molecule has 0 heterocycles. The molecule has 0 nitrogen and oxygen atoms in total. The Hall–Kier alpha value is 0. The molecule has 14 heavy (non-hydrogen) atoms. The van der Waals surface area contributed by atoms with Gasteiger partial charge in [0.2, 0.25) is 0 Å². The summed E-state index contributed by atoms with van der Waals surface area (Å²) >= 11 is 0. The van der Waals surface area contributed by atoms with Gasteiger partial charge in [-0.3, -0.25) is 0 Å². The molecular formula is C14H16. The Morgan fingerprint density at radius 3 is 1.43 bits per heavy atom. The molecule has 11 fully saturated rings. The number of hydrogen-bond acceptors (Lipinski definition) is 0. The van der Waals surface area contributed by atoms with E-state index in [0.717, 1.165) is 33.5 Å². The molecule has 0 aromatic rings. The van der Waals surface area contributed by atoms with Gasteiger partial charge in [-0.1, -0.05) is 13.8 Å². The van der Waals surface area contributed by atoms with Gasteiger partial charge in [-0.05, 0) is 70.0 Å². The van der Waals surface area contributed by atoms with E-state index >= 15 is 0 Å². The molecule has 11 aliphatic carbocycles. The van der Waals surface area contributed by atoms with Crippen LogP contribution in [-0.4, -0.2) is 0 Å². The fraction of sp³-hybridized carbons (Fsp3) is 1.00. The summed E-state index contributed by atoms with van der Waals surface area (Å²) < 4.78 is 0. The van der Waals surface area contributed by atoms with E-state index < -0.39 is 0 Å². The first-order valence-corrected chi connectivity index (χ1v) is 6.78. The largest absolute Gasteiger partial charge is 0.0622 e. The van der Waals surface area contributed by atoms with Gasteiger partial charge in [-0.15, -0.1) is 0 Å². The van der Waals surface area contributed by atoms with Crippen molar-refractivity contribution in [3.63, 3.8) is 0 Å². The van der Waals surface area contributed by atoms with Crippen LogP contribution in [0.15, 0.2) is 0 Å². The second kappa shape index (κ2) is 0.967. The van der Waals surface area contributed by atoms with E-state index in [4.69, 9.17) is 0 Å². The smallest absolute Gasteiger partial charge is 0.00471 e. The van der Waals surface area contributed by atoms with E-state index in [9.17, 15) is 0 Å². The molecule has 0 aromatic heterocycles. The molecule has 11 aliphatic rings. The van der Waals surface area contributed by atoms with Crippen LogP contribution in [0.4, 0.5) is 0 Å². The van der Waals surface area contributed by atoms with Crippen LogP contribution in [-0.2, 0) is 0 Å². The standard InChI is InChI=1S/C14H16/c1-5-3-7-8(4-6(5)2)10-13-11-9(7)12(11,13)14(10,11)13/h5-10H,3-4H2,1-2H3. The first-order valence-electron chi connectivity index (χ1n) is 6.78. The predicted molar refractivity (Wildman–Crippen MR) is 51.3 cm³/mol.